The molecule has 4 heterocycles. The van der Waals surface area contributed by atoms with E-state index in [-0.39, 0.29) is 5.78 Å². The Morgan fingerprint density at radius 2 is 1.94 bits per heavy atom. The summed E-state index contributed by atoms with van der Waals surface area (Å²) in [6.45, 7) is 4.27. The van der Waals surface area contributed by atoms with Crippen molar-refractivity contribution in [3.8, 4) is 17.1 Å². The Balaban J connectivity index is 1.69. The highest BCUT2D eigenvalue weighted by Crippen LogP contribution is 2.35. The highest BCUT2D eigenvalue weighted by molar-refractivity contribution is 5.95. The normalized spacial score (nSPS) is 14.8. The Labute approximate surface area is 187 Å². The molecule has 32 heavy (non-hydrogen) atoms. The summed E-state index contributed by atoms with van der Waals surface area (Å²) < 4.78 is 9.79. The van der Waals surface area contributed by atoms with Crippen LogP contribution in [-0.4, -0.2) is 37.2 Å². The molecule has 1 aliphatic carbocycles. The van der Waals surface area contributed by atoms with Crippen LogP contribution >= 0.6 is 0 Å². The lowest BCUT2D eigenvalue weighted by molar-refractivity contribution is 0.100. The summed E-state index contributed by atoms with van der Waals surface area (Å²) in [4.78, 5) is 22.1. The van der Waals surface area contributed by atoms with Crippen LogP contribution < -0.4 is 10.1 Å². The molecule has 0 aromatic carbocycles. The number of anilines is 1. The van der Waals surface area contributed by atoms with Gasteiger partial charge in [0.1, 0.15) is 28.6 Å². The first-order valence-corrected chi connectivity index (χ1v) is 11.6. The molecule has 0 aliphatic heterocycles. The second-order valence-corrected chi connectivity index (χ2v) is 8.52. The molecule has 7 heteroatoms. The lowest BCUT2D eigenvalue weighted by atomic mass is 9.95. The number of rotatable bonds is 7. The zero-order valence-electron chi connectivity index (χ0n) is 18.7. The first-order valence-electron chi connectivity index (χ1n) is 11.6. The fourth-order valence-electron chi connectivity index (χ4n) is 4.54. The van der Waals surface area contributed by atoms with Gasteiger partial charge in [0.25, 0.3) is 0 Å². The number of Topliss-reactive ketones (excluding diaryl/α,β-unsaturated/α-hetero) is 1. The molecule has 7 nitrogen and oxygen atoms in total. The number of aromatic nitrogens is 4. The van der Waals surface area contributed by atoms with E-state index in [9.17, 15) is 4.79 Å². The summed E-state index contributed by atoms with van der Waals surface area (Å²) in [7, 11) is 0. The van der Waals surface area contributed by atoms with Gasteiger partial charge in [-0.1, -0.05) is 32.3 Å². The molecule has 0 unspecified atom stereocenters. The quantitative estimate of drug-likeness (QED) is 0.398. The number of carbonyl (C=O) groups excluding carboxylic acids is 1. The third-order valence-corrected chi connectivity index (χ3v) is 6.10. The minimum atomic E-state index is -0.0842. The maximum atomic E-state index is 12.4. The van der Waals surface area contributed by atoms with Crippen LogP contribution in [0.2, 0.25) is 0 Å². The molecule has 4 aromatic rings. The Morgan fingerprint density at radius 3 is 2.72 bits per heavy atom. The average Bonchev–Trinajstić information content (AvgIpc) is 3.37. The van der Waals surface area contributed by atoms with Crippen molar-refractivity contribution in [1.82, 2.24) is 18.8 Å². The van der Waals surface area contributed by atoms with Crippen molar-refractivity contribution in [3.63, 3.8) is 0 Å². The van der Waals surface area contributed by atoms with E-state index in [1.807, 2.05) is 47.1 Å². The van der Waals surface area contributed by atoms with Gasteiger partial charge in [0, 0.05) is 31.4 Å². The molecule has 1 saturated carbocycles. The summed E-state index contributed by atoms with van der Waals surface area (Å²) in [5.41, 5.74) is 3.13. The summed E-state index contributed by atoms with van der Waals surface area (Å²) >= 11 is 0. The van der Waals surface area contributed by atoms with Crippen LogP contribution in [0.1, 0.15) is 63.0 Å². The lowest BCUT2D eigenvalue weighted by Gasteiger charge is -2.24. The third kappa shape index (κ3) is 3.72. The second-order valence-electron chi connectivity index (χ2n) is 8.52. The first-order chi connectivity index (χ1) is 15.7. The Morgan fingerprint density at radius 1 is 1.09 bits per heavy atom. The summed E-state index contributed by atoms with van der Waals surface area (Å²) in [5, 5.41) is 3.76. The van der Waals surface area contributed by atoms with Crippen molar-refractivity contribution in [1.29, 1.82) is 0 Å². The Hall–Kier alpha value is -3.35. The number of hydrogen-bond acceptors (Lipinski definition) is 5. The summed E-state index contributed by atoms with van der Waals surface area (Å²) in [5.74, 6) is 2.01. The summed E-state index contributed by atoms with van der Waals surface area (Å²) in [6, 6.07) is 10.2. The molecule has 1 aliphatic rings. The van der Waals surface area contributed by atoms with Crippen LogP contribution in [0.3, 0.4) is 0 Å². The van der Waals surface area contributed by atoms with Gasteiger partial charge in [-0.2, -0.15) is 0 Å². The topological polar surface area (TPSA) is 72.9 Å². The molecule has 4 aromatic heterocycles. The van der Waals surface area contributed by atoms with Crippen LogP contribution in [-0.2, 0) is 0 Å². The molecule has 0 amide bonds. The van der Waals surface area contributed by atoms with Gasteiger partial charge >= 0.3 is 0 Å². The average molecular weight is 432 g/mol. The standard InChI is InChI=1S/C25H29N5O2/c1-3-15-32-19-12-14-29-20(16-19)22(28-24(29)17(2)31)23-25(26-18-9-5-4-6-10-18)30-13-8-7-11-21(30)27-23/h7-8,11-14,16,18,26H,3-6,9-10,15H2,1-2H3. The molecular formula is C25H29N5O2. The molecule has 0 bridgehead atoms. The monoisotopic (exact) mass is 431 g/mol. The van der Waals surface area contributed by atoms with Crippen molar-refractivity contribution in [2.24, 2.45) is 0 Å². The smallest absolute Gasteiger partial charge is 0.195 e. The van der Waals surface area contributed by atoms with Gasteiger partial charge in [0.2, 0.25) is 0 Å². The second kappa shape index (κ2) is 8.65. The fraction of sp³-hybridized carbons (Fsp3) is 0.400. The molecule has 1 fully saturated rings. The minimum absolute atomic E-state index is 0.0842. The van der Waals surface area contributed by atoms with Gasteiger partial charge in [-0.15, -0.1) is 0 Å². The van der Waals surface area contributed by atoms with E-state index in [4.69, 9.17) is 14.7 Å². The van der Waals surface area contributed by atoms with Crippen molar-refractivity contribution >= 4 is 22.8 Å². The molecule has 0 atom stereocenters. The number of carbonyl (C=O) groups is 1. The van der Waals surface area contributed by atoms with Gasteiger partial charge < -0.3 is 10.1 Å². The molecule has 0 spiro atoms. The number of imidazole rings is 2. The molecule has 166 valence electrons. The number of nitrogens with zero attached hydrogens (tertiary/aromatic N) is 4. The highest BCUT2D eigenvalue weighted by atomic mass is 16.5. The lowest BCUT2D eigenvalue weighted by Crippen LogP contribution is -2.23. The van der Waals surface area contributed by atoms with Crippen molar-refractivity contribution < 1.29 is 9.53 Å². The number of fused-ring (bicyclic) bond motifs is 2. The van der Waals surface area contributed by atoms with E-state index in [2.05, 4.69) is 16.6 Å². The number of ether oxygens (including phenoxy) is 1. The molecule has 0 radical (unpaired) electrons. The Kier molecular flexibility index (Phi) is 5.55. The maximum absolute atomic E-state index is 12.4. The predicted octanol–water partition coefficient (Wildman–Crippen LogP) is 5.39. The Bertz CT molecular complexity index is 1270. The van der Waals surface area contributed by atoms with Crippen molar-refractivity contribution in [2.75, 3.05) is 11.9 Å². The largest absolute Gasteiger partial charge is 0.493 e. The van der Waals surface area contributed by atoms with Crippen LogP contribution in [0, 0.1) is 0 Å². The SMILES string of the molecule is CCCOc1ccn2c(C(C)=O)nc(-c3nc4ccccn4c3NC3CCCCC3)c2c1. The third-order valence-electron chi connectivity index (χ3n) is 6.10. The zero-order valence-corrected chi connectivity index (χ0v) is 18.7. The fourth-order valence-corrected chi connectivity index (χ4v) is 4.54. The van der Waals surface area contributed by atoms with Gasteiger partial charge in [0.05, 0.1) is 12.1 Å². The zero-order chi connectivity index (χ0) is 22.1. The van der Waals surface area contributed by atoms with Crippen molar-refractivity contribution in [3.05, 3.63) is 48.5 Å². The maximum Gasteiger partial charge on any atom is 0.195 e. The van der Waals surface area contributed by atoms with Crippen LogP contribution in [0.4, 0.5) is 5.82 Å². The van der Waals surface area contributed by atoms with E-state index < -0.39 is 0 Å². The van der Waals surface area contributed by atoms with Crippen molar-refractivity contribution in [2.45, 2.75) is 58.4 Å². The number of ketones is 1. The highest BCUT2D eigenvalue weighted by Gasteiger charge is 2.24. The molecular weight excluding hydrogens is 402 g/mol. The van der Waals surface area contributed by atoms with Gasteiger partial charge in [-0.05, 0) is 37.5 Å². The van der Waals surface area contributed by atoms with E-state index in [0.29, 0.717) is 24.2 Å². The first kappa shape index (κ1) is 20.5. The van der Waals surface area contributed by atoms with E-state index in [1.54, 1.807) is 6.92 Å². The van der Waals surface area contributed by atoms with Gasteiger partial charge in [0.15, 0.2) is 11.6 Å². The van der Waals surface area contributed by atoms with Crippen LogP contribution in [0.5, 0.6) is 5.75 Å². The van der Waals surface area contributed by atoms with E-state index >= 15 is 0 Å². The molecule has 0 saturated heterocycles. The number of hydrogen-bond donors (Lipinski definition) is 1. The van der Waals surface area contributed by atoms with Gasteiger partial charge in [-0.3, -0.25) is 13.6 Å². The van der Waals surface area contributed by atoms with Crippen LogP contribution in [0.15, 0.2) is 42.7 Å². The number of pyridine rings is 2. The minimum Gasteiger partial charge on any atom is -0.493 e. The van der Waals surface area contributed by atoms with Crippen LogP contribution in [0.25, 0.3) is 22.6 Å². The number of nitrogens with one attached hydrogen (secondary N) is 1. The predicted molar refractivity (Wildman–Crippen MR) is 126 cm³/mol. The van der Waals surface area contributed by atoms with E-state index in [1.165, 1.54) is 19.3 Å². The molecule has 5 rings (SSSR count). The molecule has 1 N–H and O–H groups in total. The summed E-state index contributed by atoms with van der Waals surface area (Å²) in [6.07, 6.45) is 10.9. The van der Waals surface area contributed by atoms with Gasteiger partial charge in [-0.25, -0.2) is 9.97 Å². The van der Waals surface area contributed by atoms with E-state index in [0.717, 1.165) is 47.7 Å².